The van der Waals surface area contributed by atoms with E-state index in [1.54, 1.807) is 0 Å². The Kier molecular flexibility index (Phi) is 4.93. The molecule has 2 aromatic rings. The van der Waals surface area contributed by atoms with E-state index in [4.69, 9.17) is 0 Å². The molecule has 2 rings (SSSR count). The molecule has 0 atom stereocenters. The van der Waals surface area contributed by atoms with E-state index in [2.05, 4.69) is 67.1 Å². The van der Waals surface area contributed by atoms with Crippen LogP contribution in [0.3, 0.4) is 0 Å². The van der Waals surface area contributed by atoms with Crippen LogP contribution in [0.2, 0.25) is 0 Å². The second-order valence-corrected chi connectivity index (χ2v) is 6.20. The Hall–Kier alpha value is -0.940. The van der Waals surface area contributed by atoms with Crippen LogP contribution >= 0.6 is 31.9 Å². The highest BCUT2D eigenvalue weighted by atomic mass is 79.9. The van der Waals surface area contributed by atoms with Gasteiger partial charge in [0, 0.05) is 23.0 Å². The zero-order chi connectivity index (χ0) is 13.8. The number of nitrogens with one attached hydrogen (secondary N) is 1. The van der Waals surface area contributed by atoms with E-state index in [9.17, 15) is 0 Å². The van der Waals surface area contributed by atoms with E-state index in [1.165, 1.54) is 5.56 Å². The standard InChI is InChI=1S/C14H15Br2N3/c1-9(2)14-18-12(16)7-13(19-14)17-8-10-5-3-4-6-11(10)15/h3-7,9H,8H2,1-2H3,(H,17,18,19). The molecule has 1 aromatic carbocycles. The fourth-order valence-electron chi connectivity index (χ4n) is 1.61. The summed E-state index contributed by atoms with van der Waals surface area (Å²) in [7, 11) is 0. The van der Waals surface area contributed by atoms with Crippen LogP contribution in [0.15, 0.2) is 39.4 Å². The molecule has 1 N–H and O–H groups in total. The summed E-state index contributed by atoms with van der Waals surface area (Å²) in [6.45, 7) is 4.89. The molecular formula is C14H15Br2N3. The average molecular weight is 385 g/mol. The van der Waals surface area contributed by atoms with Crippen LogP contribution in [-0.2, 0) is 6.54 Å². The first-order chi connectivity index (χ1) is 9.06. The van der Waals surface area contributed by atoms with Crippen LogP contribution in [0.4, 0.5) is 5.82 Å². The number of halogens is 2. The lowest BCUT2D eigenvalue weighted by Gasteiger charge is -2.10. The Bertz CT molecular complexity index is 570. The highest BCUT2D eigenvalue weighted by molar-refractivity contribution is 9.10. The minimum Gasteiger partial charge on any atom is -0.366 e. The van der Waals surface area contributed by atoms with Crippen LogP contribution in [0.5, 0.6) is 0 Å². The number of hydrogen-bond acceptors (Lipinski definition) is 3. The molecule has 0 saturated heterocycles. The summed E-state index contributed by atoms with van der Waals surface area (Å²) < 4.78 is 1.90. The lowest BCUT2D eigenvalue weighted by Crippen LogP contribution is -2.06. The van der Waals surface area contributed by atoms with Gasteiger partial charge in [0.25, 0.3) is 0 Å². The Morgan fingerprint density at radius 1 is 1.16 bits per heavy atom. The zero-order valence-electron chi connectivity index (χ0n) is 10.8. The van der Waals surface area contributed by atoms with Gasteiger partial charge in [0.1, 0.15) is 16.2 Å². The Morgan fingerprint density at radius 3 is 2.58 bits per heavy atom. The van der Waals surface area contributed by atoms with E-state index in [0.29, 0.717) is 5.92 Å². The fourth-order valence-corrected chi connectivity index (χ4v) is 2.43. The highest BCUT2D eigenvalue weighted by Gasteiger charge is 2.07. The molecule has 0 aliphatic rings. The second-order valence-electron chi connectivity index (χ2n) is 4.53. The van der Waals surface area contributed by atoms with Crippen molar-refractivity contribution in [3.05, 3.63) is 50.8 Å². The van der Waals surface area contributed by atoms with Gasteiger partial charge in [0.2, 0.25) is 0 Å². The molecule has 1 heterocycles. The Morgan fingerprint density at radius 2 is 1.89 bits per heavy atom. The lowest BCUT2D eigenvalue weighted by molar-refractivity contribution is 0.769. The first-order valence-electron chi connectivity index (χ1n) is 6.08. The zero-order valence-corrected chi connectivity index (χ0v) is 14.0. The molecule has 0 fully saturated rings. The van der Waals surface area contributed by atoms with Crippen molar-refractivity contribution in [1.29, 1.82) is 0 Å². The van der Waals surface area contributed by atoms with Gasteiger partial charge in [-0.05, 0) is 27.6 Å². The fraction of sp³-hybridized carbons (Fsp3) is 0.286. The SMILES string of the molecule is CC(C)c1nc(Br)cc(NCc2ccccc2Br)n1. The van der Waals surface area contributed by atoms with Crippen LogP contribution in [-0.4, -0.2) is 9.97 Å². The van der Waals surface area contributed by atoms with Gasteiger partial charge >= 0.3 is 0 Å². The van der Waals surface area contributed by atoms with E-state index in [-0.39, 0.29) is 0 Å². The van der Waals surface area contributed by atoms with Crippen molar-refractivity contribution in [2.24, 2.45) is 0 Å². The molecular weight excluding hydrogens is 370 g/mol. The normalized spacial score (nSPS) is 10.8. The predicted octanol–water partition coefficient (Wildman–Crippen LogP) is 4.74. The van der Waals surface area contributed by atoms with Crippen LogP contribution in [0.25, 0.3) is 0 Å². The molecule has 0 aliphatic heterocycles. The first-order valence-corrected chi connectivity index (χ1v) is 7.66. The van der Waals surface area contributed by atoms with Gasteiger partial charge in [0.05, 0.1) is 0 Å². The molecule has 0 bridgehead atoms. The summed E-state index contributed by atoms with van der Waals surface area (Å²) in [5, 5.41) is 3.33. The smallest absolute Gasteiger partial charge is 0.134 e. The minimum atomic E-state index is 0.307. The molecule has 5 heteroatoms. The van der Waals surface area contributed by atoms with Gasteiger partial charge in [-0.15, -0.1) is 0 Å². The largest absolute Gasteiger partial charge is 0.366 e. The quantitative estimate of drug-likeness (QED) is 0.773. The Labute approximate surface area is 130 Å². The second kappa shape index (κ2) is 6.48. The number of benzene rings is 1. The van der Waals surface area contributed by atoms with Crippen LogP contribution in [0, 0.1) is 0 Å². The topological polar surface area (TPSA) is 37.8 Å². The summed E-state index contributed by atoms with van der Waals surface area (Å²) in [6.07, 6.45) is 0. The molecule has 100 valence electrons. The summed E-state index contributed by atoms with van der Waals surface area (Å²) in [6, 6.07) is 10.0. The van der Waals surface area contributed by atoms with Crippen molar-refractivity contribution < 1.29 is 0 Å². The molecule has 0 amide bonds. The maximum Gasteiger partial charge on any atom is 0.134 e. The van der Waals surface area contributed by atoms with Crippen LogP contribution < -0.4 is 5.32 Å². The van der Waals surface area contributed by atoms with Crippen molar-refractivity contribution in [3.63, 3.8) is 0 Å². The van der Waals surface area contributed by atoms with E-state index < -0.39 is 0 Å². The highest BCUT2D eigenvalue weighted by Crippen LogP contribution is 2.20. The van der Waals surface area contributed by atoms with Gasteiger partial charge < -0.3 is 5.32 Å². The maximum atomic E-state index is 4.51. The minimum absolute atomic E-state index is 0.307. The number of hydrogen-bond donors (Lipinski definition) is 1. The lowest BCUT2D eigenvalue weighted by atomic mass is 10.2. The third-order valence-corrected chi connectivity index (χ3v) is 3.83. The molecule has 0 radical (unpaired) electrons. The summed E-state index contributed by atoms with van der Waals surface area (Å²) >= 11 is 6.96. The maximum absolute atomic E-state index is 4.51. The van der Waals surface area contributed by atoms with Crippen molar-refractivity contribution in [2.75, 3.05) is 5.32 Å². The number of anilines is 1. The third-order valence-electron chi connectivity index (χ3n) is 2.65. The predicted molar refractivity (Wildman–Crippen MR) is 85.3 cm³/mol. The molecule has 0 saturated carbocycles. The van der Waals surface area contributed by atoms with Gasteiger partial charge in [0.15, 0.2) is 0 Å². The summed E-state index contributed by atoms with van der Waals surface area (Å²) in [5.74, 6) is 1.98. The van der Waals surface area contributed by atoms with Crippen molar-refractivity contribution >= 4 is 37.7 Å². The molecule has 0 aliphatic carbocycles. The number of aromatic nitrogens is 2. The molecule has 0 spiro atoms. The number of nitrogens with zero attached hydrogens (tertiary/aromatic N) is 2. The third kappa shape index (κ3) is 4.01. The molecule has 19 heavy (non-hydrogen) atoms. The van der Waals surface area contributed by atoms with E-state index >= 15 is 0 Å². The first kappa shape index (κ1) is 14.5. The Balaban J connectivity index is 2.14. The van der Waals surface area contributed by atoms with Crippen LogP contribution in [0.1, 0.15) is 31.2 Å². The summed E-state index contributed by atoms with van der Waals surface area (Å²) in [4.78, 5) is 8.87. The molecule has 1 aromatic heterocycles. The average Bonchev–Trinajstić information content (AvgIpc) is 2.37. The van der Waals surface area contributed by atoms with Gasteiger partial charge in [-0.2, -0.15) is 0 Å². The van der Waals surface area contributed by atoms with E-state index in [0.717, 1.165) is 27.3 Å². The molecule has 3 nitrogen and oxygen atoms in total. The molecule has 0 unspecified atom stereocenters. The monoisotopic (exact) mass is 383 g/mol. The van der Waals surface area contributed by atoms with Crippen molar-refractivity contribution in [2.45, 2.75) is 26.3 Å². The van der Waals surface area contributed by atoms with Gasteiger partial charge in [-0.25, -0.2) is 9.97 Å². The van der Waals surface area contributed by atoms with Gasteiger partial charge in [-0.1, -0.05) is 48.0 Å². The number of rotatable bonds is 4. The van der Waals surface area contributed by atoms with Gasteiger partial charge in [-0.3, -0.25) is 0 Å². The van der Waals surface area contributed by atoms with E-state index in [1.807, 2.05) is 24.3 Å². The van der Waals surface area contributed by atoms with Crippen molar-refractivity contribution in [1.82, 2.24) is 9.97 Å². The summed E-state index contributed by atoms with van der Waals surface area (Å²) in [5.41, 5.74) is 1.20. The van der Waals surface area contributed by atoms with Crippen molar-refractivity contribution in [3.8, 4) is 0 Å².